The van der Waals surface area contributed by atoms with Crippen LogP contribution in [0, 0.1) is 6.92 Å². The summed E-state index contributed by atoms with van der Waals surface area (Å²) in [7, 11) is 2.78. The van der Waals surface area contributed by atoms with Gasteiger partial charge in [-0.3, -0.25) is 4.79 Å². The summed E-state index contributed by atoms with van der Waals surface area (Å²) in [6.07, 6.45) is 0.606. The lowest BCUT2D eigenvalue weighted by atomic mass is 10.1. The van der Waals surface area contributed by atoms with Crippen molar-refractivity contribution in [3.05, 3.63) is 46.3 Å². The van der Waals surface area contributed by atoms with E-state index in [1.807, 2.05) is 6.92 Å². The number of esters is 1. The van der Waals surface area contributed by atoms with Gasteiger partial charge in [0.15, 0.2) is 0 Å². The van der Waals surface area contributed by atoms with Gasteiger partial charge in [0.1, 0.15) is 22.6 Å². The summed E-state index contributed by atoms with van der Waals surface area (Å²) < 4.78 is 14.9. The molecule has 0 fully saturated rings. The molecule has 0 saturated carbocycles. The molecule has 1 aromatic carbocycles. The molecule has 1 heterocycles. The molecule has 2 aromatic rings. The molecule has 24 heavy (non-hydrogen) atoms. The number of amides is 1. The number of ether oxygens (including phenoxy) is 2. The minimum atomic E-state index is -0.497. The number of carbonyl (C=O) groups excluding carboxylic acids is 2. The lowest BCUT2D eigenvalue weighted by Gasteiger charge is -2.10. The molecule has 0 unspecified atom stereocenters. The zero-order valence-electron chi connectivity index (χ0n) is 14.1. The van der Waals surface area contributed by atoms with Crippen molar-refractivity contribution in [3.63, 3.8) is 0 Å². The number of hydrogen-bond donors (Lipinski definition) is 1. The van der Waals surface area contributed by atoms with Crippen molar-refractivity contribution in [2.24, 2.45) is 0 Å². The summed E-state index contributed by atoms with van der Waals surface area (Å²) in [5.74, 6) is 0.138. The number of carbonyl (C=O) groups is 2. The molecular formula is C17H20N2O5. The fourth-order valence-corrected chi connectivity index (χ4v) is 2.36. The van der Waals surface area contributed by atoms with Gasteiger partial charge in [0.25, 0.3) is 5.91 Å². The number of nitrogens with one attached hydrogen (secondary N) is 1. The molecule has 2 rings (SSSR count). The fraction of sp³-hybridized carbons (Fsp3) is 0.353. The lowest BCUT2D eigenvalue weighted by Crippen LogP contribution is -2.24. The minimum absolute atomic E-state index is 0.251. The molecule has 0 radical (unpaired) electrons. The molecule has 7 heteroatoms. The molecule has 1 aromatic heterocycles. The van der Waals surface area contributed by atoms with Crippen molar-refractivity contribution in [2.75, 3.05) is 14.2 Å². The standard InChI is InChI=1S/C17H20N2O5/c1-5-13-15(10(2)24-19-13)16(20)18-9-11-6-7-14(22-3)12(8-11)17(21)23-4/h6-8H,5,9H2,1-4H3,(H,18,20). The Balaban J connectivity index is 2.16. The second-order valence-corrected chi connectivity index (χ2v) is 5.12. The average molecular weight is 332 g/mol. The maximum absolute atomic E-state index is 12.4. The Morgan fingerprint density at radius 2 is 2.04 bits per heavy atom. The van der Waals surface area contributed by atoms with E-state index in [4.69, 9.17) is 14.0 Å². The number of benzene rings is 1. The quantitative estimate of drug-likeness (QED) is 0.816. The predicted molar refractivity (Wildman–Crippen MR) is 86.1 cm³/mol. The van der Waals surface area contributed by atoms with Gasteiger partial charge in [-0.1, -0.05) is 18.1 Å². The first kappa shape index (κ1) is 17.5. The number of rotatable bonds is 6. The largest absolute Gasteiger partial charge is 0.496 e. The van der Waals surface area contributed by atoms with Gasteiger partial charge in [0.05, 0.1) is 19.9 Å². The number of aryl methyl sites for hydroxylation is 2. The Kier molecular flexibility index (Phi) is 5.57. The first-order valence-corrected chi connectivity index (χ1v) is 7.50. The first-order valence-electron chi connectivity index (χ1n) is 7.50. The van der Waals surface area contributed by atoms with Crippen molar-refractivity contribution in [3.8, 4) is 5.75 Å². The zero-order chi connectivity index (χ0) is 17.7. The van der Waals surface area contributed by atoms with E-state index in [9.17, 15) is 9.59 Å². The van der Waals surface area contributed by atoms with E-state index in [1.54, 1.807) is 25.1 Å². The zero-order valence-corrected chi connectivity index (χ0v) is 14.1. The van der Waals surface area contributed by atoms with Gasteiger partial charge in [0, 0.05) is 6.54 Å². The van der Waals surface area contributed by atoms with Crippen LogP contribution in [0.5, 0.6) is 5.75 Å². The molecule has 1 amide bonds. The Morgan fingerprint density at radius 3 is 2.67 bits per heavy atom. The molecular weight excluding hydrogens is 312 g/mol. The molecule has 0 atom stereocenters. The highest BCUT2D eigenvalue weighted by Crippen LogP contribution is 2.21. The van der Waals surface area contributed by atoms with Crippen molar-refractivity contribution >= 4 is 11.9 Å². The molecule has 0 aliphatic heterocycles. The fourth-order valence-electron chi connectivity index (χ4n) is 2.36. The maximum atomic E-state index is 12.4. The third kappa shape index (κ3) is 3.56. The normalized spacial score (nSPS) is 10.3. The van der Waals surface area contributed by atoms with Gasteiger partial charge >= 0.3 is 5.97 Å². The predicted octanol–water partition coefficient (Wildman–Crippen LogP) is 2.27. The molecule has 0 aliphatic rings. The van der Waals surface area contributed by atoms with Crippen molar-refractivity contribution in [2.45, 2.75) is 26.8 Å². The van der Waals surface area contributed by atoms with E-state index in [0.29, 0.717) is 34.8 Å². The Labute approximate surface area is 139 Å². The Morgan fingerprint density at radius 1 is 1.29 bits per heavy atom. The average Bonchev–Trinajstić information content (AvgIpc) is 2.99. The van der Waals surface area contributed by atoms with Crippen LogP contribution in [-0.4, -0.2) is 31.3 Å². The summed E-state index contributed by atoms with van der Waals surface area (Å²) >= 11 is 0. The van der Waals surface area contributed by atoms with Crippen molar-refractivity contribution in [1.29, 1.82) is 0 Å². The topological polar surface area (TPSA) is 90.7 Å². The Hall–Kier alpha value is -2.83. The SMILES string of the molecule is CCc1noc(C)c1C(=O)NCc1ccc(OC)c(C(=O)OC)c1. The van der Waals surface area contributed by atoms with E-state index in [2.05, 4.69) is 10.5 Å². The van der Waals surface area contributed by atoms with Gasteiger partial charge in [-0.2, -0.15) is 0 Å². The second-order valence-electron chi connectivity index (χ2n) is 5.12. The van der Waals surface area contributed by atoms with Gasteiger partial charge in [-0.15, -0.1) is 0 Å². The Bertz CT molecular complexity index is 751. The van der Waals surface area contributed by atoms with Gasteiger partial charge < -0.3 is 19.3 Å². The van der Waals surface area contributed by atoms with Crippen LogP contribution in [0.15, 0.2) is 22.7 Å². The summed E-state index contributed by atoms with van der Waals surface area (Å²) in [6.45, 7) is 3.85. The van der Waals surface area contributed by atoms with E-state index < -0.39 is 5.97 Å². The molecule has 0 spiro atoms. The van der Waals surface area contributed by atoms with Crippen molar-refractivity contribution in [1.82, 2.24) is 10.5 Å². The van der Waals surface area contributed by atoms with Gasteiger partial charge in [-0.05, 0) is 31.0 Å². The van der Waals surface area contributed by atoms with Gasteiger partial charge in [-0.25, -0.2) is 4.79 Å². The molecule has 0 aliphatic carbocycles. The summed E-state index contributed by atoms with van der Waals surface area (Å²) in [5.41, 5.74) is 2.13. The molecule has 128 valence electrons. The second kappa shape index (κ2) is 7.63. The lowest BCUT2D eigenvalue weighted by molar-refractivity contribution is 0.0597. The van der Waals surface area contributed by atoms with Crippen LogP contribution in [-0.2, 0) is 17.7 Å². The van der Waals surface area contributed by atoms with E-state index in [0.717, 1.165) is 5.56 Å². The number of methoxy groups -OCH3 is 2. The number of hydrogen-bond acceptors (Lipinski definition) is 6. The molecule has 7 nitrogen and oxygen atoms in total. The first-order chi connectivity index (χ1) is 11.5. The van der Waals surface area contributed by atoms with E-state index in [1.165, 1.54) is 14.2 Å². The molecule has 0 saturated heterocycles. The van der Waals surface area contributed by atoms with Crippen molar-refractivity contribution < 1.29 is 23.6 Å². The van der Waals surface area contributed by atoms with Crippen LogP contribution in [0.4, 0.5) is 0 Å². The third-order valence-corrected chi connectivity index (χ3v) is 3.62. The molecule has 0 bridgehead atoms. The highest BCUT2D eigenvalue weighted by Gasteiger charge is 2.19. The van der Waals surface area contributed by atoms with Crippen LogP contribution in [0.1, 0.15) is 44.7 Å². The number of aromatic nitrogens is 1. The third-order valence-electron chi connectivity index (χ3n) is 3.62. The maximum Gasteiger partial charge on any atom is 0.341 e. The summed E-state index contributed by atoms with van der Waals surface area (Å²) in [6, 6.07) is 5.06. The van der Waals surface area contributed by atoms with Gasteiger partial charge in [0.2, 0.25) is 0 Å². The number of nitrogens with zero attached hydrogens (tertiary/aromatic N) is 1. The van der Waals surface area contributed by atoms with Crippen LogP contribution in [0.2, 0.25) is 0 Å². The van der Waals surface area contributed by atoms with Crippen LogP contribution < -0.4 is 10.1 Å². The monoisotopic (exact) mass is 332 g/mol. The van der Waals surface area contributed by atoms with Crippen LogP contribution in [0.25, 0.3) is 0 Å². The minimum Gasteiger partial charge on any atom is -0.496 e. The summed E-state index contributed by atoms with van der Waals surface area (Å²) in [5, 5.41) is 6.67. The van der Waals surface area contributed by atoms with E-state index in [-0.39, 0.29) is 12.5 Å². The van der Waals surface area contributed by atoms with Crippen LogP contribution >= 0.6 is 0 Å². The smallest absolute Gasteiger partial charge is 0.341 e. The highest BCUT2D eigenvalue weighted by molar-refractivity contribution is 5.96. The van der Waals surface area contributed by atoms with E-state index >= 15 is 0 Å². The summed E-state index contributed by atoms with van der Waals surface area (Å²) in [4.78, 5) is 24.1. The molecule has 1 N–H and O–H groups in total. The van der Waals surface area contributed by atoms with Crippen LogP contribution in [0.3, 0.4) is 0 Å². The highest BCUT2D eigenvalue weighted by atomic mass is 16.5.